The largest absolute Gasteiger partial charge is 0.330 e. The molecule has 0 saturated carbocycles. The number of nitrogens with one attached hydrogen (secondary N) is 3. The van der Waals surface area contributed by atoms with E-state index in [9.17, 15) is 0 Å². The second kappa shape index (κ2) is 8.91. The third-order valence-electron chi connectivity index (χ3n) is 6.65. The summed E-state index contributed by atoms with van der Waals surface area (Å²) in [4.78, 5) is 0. The first-order valence-corrected chi connectivity index (χ1v) is 11.8. The topological polar surface area (TPSA) is 62.1 Å². The number of unbranched alkanes of at least 4 members (excludes halogenated alkanes) is 2. The van der Waals surface area contributed by atoms with Gasteiger partial charge in [0, 0.05) is 34.2 Å². The van der Waals surface area contributed by atoms with Crippen LogP contribution in [-0.4, -0.2) is 40.8 Å². The molecule has 2 rings (SSSR count). The molecule has 2 saturated heterocycles. The first-order valence-electron chi connectivity index (χ1n) is 11.8. The van der Waals surface area contributed by atoms with Gasteiger partial charge in [0.25, 0.3) is 0 Å². The summed E-state index contributed by atoms with van der Waals surface area (Å²) in [5.74, 6) is 0.727. The van der Waals surface area contributed by atoms with Gasteiger partial charge < -0.3 is 21.7 Å². The molecule has 166 valence electrons. The van der Waals surface area contributed by atoms with Gasteiger partial charge in [-0.2, -0.15) is 0 Å². The van der Waals surface area contributed by atoms with E-state index in [1.807, 2.05) is 0 Å². The zero-order valence-electron chi connectivity index (χ0n) is 20.2. The summed E-state index contributed by atoms with van der Waals surface area (Å²) in [6.07, 6.45) is 9.89. The summed E-state index contributed by atoms with van der Waals surface area (Å²) < 4.78 is 0. The van der Waals surface area contributed by atoms with Gasteiger partial charge >= 0.3 is 0 Å². The van der Waals surface area contributed by atoms with Gasteiger partial charge in [-0.15, -0.1) is 0 Å². The Hall–Kier alpha value is -0.160. The van der Waals surface area contributed by atoms with E-state index in [1.54, 1.807) is 0 Å². The summed E-state index contributed by atoms with van der Waals surface area (Å²) >= 11 is 0. The van der Waals surface area contributed by atoms with Gasteiger partial charge in [-0.25, -0.2) is 0 Å². The maximum atomic E-state index is 5.74. The van der Waals surface area contributed by atoms with E-state index in [-0.39, 0.29) is 22.2 Å². The molecule has 0 radical (unpaired) electrons. The van der Waals surface area contributed by atoms with Crippen molar-refractivity contribution < 1.29 is 0 Å². The van der Waals surface area contributed by atoms with Crippen LogP contribution in [0.3, 0.4) is 0 Å². The number of piperidine rings is 2. The van der Waals surface area contributed by atoms with E-state index >= 15 is 0 Å². The van der Waals surface area contributed by atoms with Crippen molar-refractivity contribution in [3.63, 3.8) is 0 Å². The van der Waals surface area contributed by atoms with Crippen LogP contribution < -0.4 is 21.7 Å². The quantitative estimate of drug-likeness (QED) is 0.463. The Morgan fingerprint density at radius 3 is 1.68 bits per heavy atom. The van der Waals surface area contributed by atoms with Crippen LogP contribution >= 0.6 is 0 Å². The van der Waals surface area contributed by atoms with E-state index in [2.05, 4.69) is 71.3 Å². The van der Waals surface area contributed by atoms with E-state index in [4.69, 9.17) is 5.73 Å². The average molecular weight is 395 g/mol. The Bertz CT molecular complexity index is 463. The van der Waals surface area contributed by atoms with E-state index < -0.39 is 0 Å². The molecule has 2 aliphatic heterocycles. The first kappa shape index (κ1) is 24.1. The first-order chi connectivity index (χ1) is 12.7. The maximum absolute atomic E-state index is 5.74. The monoisotopic (exact) mass is 394 g/mol. The fourth-order valence-corrected chi connectivity index (χ4v) is 6.57. The van der Waals surface area contributed by atoms with Crippen molar-refractivity contribution in [3.05, 3.63) is 0 Å². The molecule has 0 aromatic rings. The van der Waals surface area contributed by atoms with Crippen molar-refractivity contribution in [3.8, 4) is 0 Å². The average Bonchev–Trinajstić information content (AvgIpc) is 2.43. The number of hydrogen-bond donors (Lipinski definition) is 4. The molecule has 0 amide bonds. The van der Waals surface area contributed by atoms with Crippen LogP contribution in [0.1, 0.15) is 107 Å². The predicted octanol–water partition coefficient (Wildman–Crippen LogP) is 4.33. The van der Waals surface area contributed by atoms with E-state index in [0.29, 0.717) is 12.1 Å². The fraction of sp³-hybridized carbons (Fsp3) is 1.00. The summed E-state index contributed by atoms with van der Waals surface area (Å²) in [6.45, 7) is 19.8. The van der Waals surface area contributed by atoms with Crippen LogP contribution in [-0.2, 0) is 0 Å². The smallest absolute Gasteiger partial charge is 0.0144 e. The molecule has 0 spiro atoms. The van der Waals surface area contributed by atoms with Gasteiger partial charge in [0.05, 0.1) is 0 Å². The fourth-order valence-electron chi connectivity index (χ4n) is 6.57. The van der Waals surface area contributed by atoms with Crippen LogP contribution in [0, 0.1) is 5.92 Å². The Kier molecular flexibility index (Phi) is 7.68. The molecular weight excluding hydrogens is 344 g/mol. The minimum absolute atomic E-state index is 0.191. The van der Waals surface area contributed by atoms with E-state index in [1.165, 1.54) is 44.9 Å². The second-order valence-electron chi connectivity index (χ2n) is 12.5. The molecule has 0 aromatic carbocycles. The van der Waals surface area contributed by atoms with Crippen molar-refractivity contribution in [1.29, 1.82) is 0 Å². The lowest BCUT2D eigenvalue weighted by molar-refractivity contribution is 0.0807. The zero-order valence-corrected chi connectivity index (χ0v) is 20.2. The highest BCUT2D eigenvalue weighted by atomic mass is 15.1. The normalized spacial score (nSPS) is 28.2. The lowest BCUT2D eigenvalue weighted by atomic mass is 9.71. The maximum Gasteiger partial charge on any atom is 0.0144 e. The minimum atomic E-state index is 0.191. The lowest BCUT2D eigenvalue weighted by Gasteiger charge is -2.51. The minimum Gasteiger partial charge on any atom is -0.330 e. The highest BCUT2D eigenvalue weighted by molar-refractivity contribution is 5.03. The van der Waals surface area contributed by atoms with Crippen LogP contribution in [0.25, 0.3) is 0 Å². The van der Waals surface area contributed by atoms with Gasteiger partial charge in [0.2, 0.25) is 0 Å². The van der Waals surface area contributed by atoms with E-state index in [0.717, 1.165) is 18.9 Å². The highest BCUT2D eigenvalue weighted by Gasteiger charge is 2.43. The third-order valence-corrected chi connectivity index (χ3v) is 6.65. The molecule has 2 aliphatic rings. The van der Waals surface area contributed by atoms with Gasteiger partial charge in [-0.3, -0.25) is 0 Å². The van der Waals surface area contributed by atoms with Crippen LogP contribution in [0.5, 0.6) is 0 Å². The summed E-state index contributed by atoms with van der Waals surface area (Å²) in [7, 11) is 0. The Labute approximate surface area is 175 Å². The molecule has 4 heteroatoms. The standard InChI is InChI=1S/C24H50N4/c1-21(2)14-18(15-22(3,4)27-21)20(12-10-9-11-13-25)26-19-16-23(5,6)28-24(7,8)17-19/h18-20,26-28H,9-17,25H2,1-8H3. The van der Waals surface area contributed by atoms with Gasteiger partial charge in [0.15, 0.2) is 0 Å². The third kappa shape index (κ3) is 7.59. The molecule has 1 atom stereocenters. The molecule has 0 aliphatic carbocycles. The SMILES string of the molecule is CC1(C)CC(NC(CCCCCN)C2CC(C)(C)NC(C)(C)C2)CC(C)(C)N1. The predicted molar refractivity (Wildman–Crippen MR) is 123 cm³/mol. The molecule has 5 N–H and O–H groups in total. The molecule has 2 heterocycles. The second-order valence-corrected chi connectivity index (χ2v) is 12.5. The Morgan fingerprint density at radius 1 is 0.750 bits per heavy atom. The van der Waals surface area contributed by atoms with Crippen molar-refractivity contribution in [2.24, 2.45) is 11.7 Å². The molecule has 2 fully saturated rings. The molecule has 28 heavy (non-hydrogen) atoms. The van der Waals surface area contributed by atoms with Crippen LogP contribution in [0.2, 0.25) is 0 Å². The molecule has 4 nitrogen and oxygen atoms in total. The molecule has 0 bridgehead atoms. The van der Waals surface area contributed by atoms with Crippen LogP contribution in [0.15, 0.2) is 0 Å². The summed E-state index contributed by atoms with van der Waals surface area (Å²) in [6, 6.07) is 1.19. The summed E-state index contributed by atoms with van der Waals surface area (Å²) in [5, 5.41) is 11.9. The van der Waals surface area contributed by atoms with Gasteiger partial charge in [-0.1, -0.05) is 12.8 Å². The van der Waals surface area contributed by atoms with Crippen molar-refractivity contribution in [2.45, 2.75) is 141 Å². The van der Waals surface area contributed by atoms with Crippen molar-refractivity contribution in [1.82, 2.24) is 16.0 Å². The molecule has 0 aromatic heterocycles. The Balaban J connectivity index is 2.12. The van der Waals surface area contributed by atoms with Crippen molar-refractivity contribution in [2.75, 3.05) is 6.54 Å². The number of rotatable bonds is 8. The highest BCUT2D eigenvalue weighted by Crippen LogP contribution is 2.37. The lowest BCUT2D eigenvalue weighted by Crippen LogP contribution is -2.64. The number of hydrogen-bond acceptors (Lipinski definition) is 4. The summed E-state index contributed by atoms with van der Waals surface area (Å²) in [5.41, 5.74) is 6.53. The Morgan fingerprint density at radius 2 is 1.21 bits per heavy atom. The van der Waals surface area contributed by atoms with Gasteiger partial charge in [0.1, 0.15) is 0 Å². The zero-order chi connectivity index (χ0) is 21.2. The molecular formula is C24H50N4. The van der Waals surface area contributed by atoms with Crippen LogP contribution in [0.4, 0.5) is 0 Å². The van der Waals surface area contributed by atoms with Gasteiger partial charge in [-0.05, 0) is 106 Å². The number of nitrogens with two attached hydrogens (primary N) is 1. The molecule has 1 unspecified atom stereocenters. The van der Waals surface area contributed by atoms with Crippen molar-refractivity contribution >= 4 is 0 Å².